The molecule has 120 valence electrons. The molecule has 1 unspecified atom stereocenters. The van der Waals surface area contributed by atoms with Crippen LogP contribution < -0.4 is 16.0 Å². The van der Waals surface area contributed by atoms with Crippen molar-refractivity contribution in [2.45, 2.75) is 19.4 Å². The minimum Gasteiger partial charge on any atom is -0.375 e. The number of nitrogens with one attached hydrogen (secondary N) is 3. The van der Waals surface area contributed by atoms with Gasteiger partial charge in [0.1, 0.15) is 0 Å². The second-order valence-corrected chi connectivity index (χ2v) is 5.37. The zero-order chi connectivity index (χ0) is 15.8. The van der Waals surface area contributed by atoms with Crippen LogP contribution in [0.4, 0.5) is 0 Å². The highest BCUT2D eigenvalue weighted by molar-refractivity contribution is 5.94. The topological polar surface area (TPSA) is 79.5 Å². The van der Waals surface area contributed by atoms with E-state index in [9.17, 15) is 9.59 Å². The third kappa shape index (κ3) is 5.46. The Kier molecular flexibility index (Phi) is 6.36. The van der Waals surface area contributed by atoms with E-state index in [2.05, 4.69) is 16.0 Å². The van der Waals surface area contributed by atoms with Gasteiger partial charge in [0.2, 0.25) is 5.91 Å². The summed E-state index contributed by atoms with van der Waals surface area (Å²) in [5, 5.41) is 8.75. The molecule has 3 N–H and O–H groups in total. The molecule has 1 atom stereocenters. The largest absolute Gasteiger partial charge is 0.375 e. The molecule has 0 saturated carbocycles. The van der Waals surface area contributed by atoms with Crippen LogP contribution in [-0.4, -0.2) is 50.7 Å². The van der Waals surface area contributed by atoms with E-state index in [0.29, 0.717) is 38.2 Å². The number of aryl methyl sites for hydroxylation is 1. The zero-order valence-corrected chi connectivity index (χ0v) is 12.9. The molecular formula is C16H23N3O3. The molecule has 2 amide bonds. The van der Waals surface area contributed by atoms with Crippen LogP contribution in [0.15, 0.2) is 24.3 Å². The van der Waals surface area contributed by atoms with Crippen molar-refractivity contribution in [1.82, 2.24) is 16.0 Å². The van der Waals surface area contributed by atoms with Gasteiger partial charge in [-0.05, 0) is 19.1 Å². The molecule has 0 radical (unpaired) electrons. The smallest absolute Gasteiger partial charge is 0.251 e. The van der Waals surface area contributed by atoms with E-state index in [4.69, 9.17) is 4.74 Å². The summed E-state index contributed by atoms with van der Waals surface area (Å²) in [6, 6.07) is 7.37. The van der Waals surface area contributed by atoms with Gasteiger partial charge in [0.15, 0.2) is 0 Å². The van der Waals surface area contributed by atoms with Crippen LogP contribution in [0.2, 0.25) is 0 Å². The summed E-state index contributed by atoms with van der Waals surface area (Å²) >= 11 is 0. The first-order valence-electron chi connectivity index (χ1n) is 7.59. The van der Waals surface area contributed by atoms with Gasteiger partial charge in [0.25, 0.3) is 5.91 Å². The predicted molar refractivity (Wildman–Crippen MR) is 83.7 cm³/mol. The van der Waals surface area contributed by atoms with Gasteiger partial charge in [-0.15, -0.1) is 0 Å². The monoisotopic (exact) mass is 305 g/mol. The molecule has 1 heterocycles. The quantitative estimate of drug-likeness (QED) is 0.657. The molecule has 0 aliphatic carbocycles. The highest BCUT2D eigenvalue weighted by Crippen LogP contribution is 2.02. The fourth-order valence-electron chi connectivity index (χ4n) is 2.21. The standard InChI is InChI=1S/C16H23N3O3/c1-12-2-4-13(5-3-12)16(21)19-7-6-18-15(20)10-14-11-17-8-9-22-14/h2-5,14,17H,6-11H2,1H3,(H,18,20)(H,19,21). The van der Waals surface area contributed by atoms with Gasteiger partial charge in [-0.3, -0.25) is 9.59 Å². The molecule has 22 heavy (non-hydrogen) atoms. The average molecular weight is 305 g/mol. The maximum atomic E-state index is 11.9. The number of hydrogen-bond acceptors (Lipinski definition) is 4. The number of benzene rings is 1. The van der Waals surface area contributed by atoms with Crippen molar-refractivity contribution in [3.8, 4) is 0 Å². The second-order valence-electron chi connectivity index (χ2n) is 5.37. The Balaban J connectivity index is 1.61. The SMILES string of the molecule is Cc1ccc(C(=O)NCCNC(=O)CC2CNCCO2)cc1. The number of carbonyl (C=O) groups is 2. The summed E-state index contributed by atoms with van der Waals surface area (Å²) < 4.78 is 5.47. The lowest BCUT2D eigenvalue weighted by Gasteiger charge is -2.23. The Morgan fingerprint density at radius 1 is 1.23 bits per heavy atom. The van der Waals surface area contributed by atoms with Crippen LogP contribution in [0, 0.1) is 6.92 Å². The van der Waals surface area contributed by atoms with Crippen molar-refractivity contribution >= 4 is 11.8 Å². The fraction of sp³-hybridized carbons (Fsp3) is 0.500. The van der Waals surface area contributed by atoms with Crippen LogP contribution >= 0.6 is 0 Å². The molecule has 1 aliphatic rings. The molecule has 1 aromatic carbocycles. The Bertz CT molecular complexity index is 496. The van der Waals surface area contributed by atoms with Gasteiger partial charge in [-0.25, -0.2) is 0 Å². The molecule has 1 fully saturated rings. The predicted octanol–water partition coefficient (Wildman–Crippen LogP) is 0.220. The molecule has 0 spiro atoms. The van der Waals surface area contributed by atoms with Crippen molar-refractivity contribution in [2.24, 2.45) is 0 Å². The van der Waals surface area contributed by atoms with E-state index in [1.807, 2.05) is 19.1 Å². The van der Waals surface area contributed by atoms with Crippen LogP contribution in [0.25, 0.3) is 0 Å². The van der Waals surface area contributed by atoms with E-state index >= 15 is 0 Å². The molecule has 1 aromatic rings. The van der Waals surface area contributed by atoms with Crippen molar-refractivity contribution < 1.29 is 14.3 Å². The summed E-state index contributed by atoms with van der Waals surface area (Å²) in [5.74, 6) is -0.188. The molecule has 6 heteroatoms. The summed E-state index contributed by atoms with van der Waals surface area (Å²) in [5.41, 5.74) is 1.74. The first-order chi connectivity index (χ1) is 10.6. The number of amides is 2. The molecule has 1 aliphatic heterocycles. The van der Waals surface area contributed by atoms with Gasteiger partial charge in [0, 0.05) is 31.7 Å². The van der Waals surface area contributed by atoms with E-state index in [0.717, 1.165) is 12.1 Å². The Labute approximate surface area is 130 Å². The Morgan fingerprint density at radius 3 is 2.64 bits per heavy atom. The van der Waals surface area contributed by atoms with Gasteiger partial charge < -0.3 is 20.7 Å². The number of morpholine rings is 1. The van der Waals surface area contributed by atoms with E-state index in [1.165, 1.54) is 0 Å². The molecule has 2 rings (SSSR count). The highest BCUT2D eigenvalue weighted by atomic mass is 16.5. The Hall–Kier alpha value is -1.92. The van der Waals surface area contributed by atoms with Gasteiger partial charge >= 0.3 is 0 Å². The molecule has 1 saturated heterocycles. The highest BCUT2D eigenvalue weighted by Gasteiger charge is 2.16. The van der Waals surface area contributed by atoms with Crippen LogP contribution in [-0.2, 0) is 9.53 Å². The third-order valence-corrected chi connectivity index (χ3v) is 3.46. The third-order valence-electron chi connectivity index (χ3n) is 3.46. The first kappa shape index (κ1) is 16.5. The minimum absolute atomic E-state index is 0.0571. The maximum absolute atomic E-state index is 11.9. The minimum atomic E-state index is -0.130. The van der Waals surface area contributed by atoms with Crippen molar-refractivity contribution in [3.63, 3.8) is 0 Å². The molecule has 6 nitrogen and oxygen atoms in total. The summed E-state index contributed by atoms with van der Waals surface area (Å²) in [4.78, 5) is 23.6. The number of carbonyl (C=O) groups excluding carboxylic acids is 2. The first-order valence-corrected chi connectivity index (χ1v) is 7.59. The summed E-state index contributed by atoms with van der Waals surface area (Å²) in [6.07, 6.45) is 0.287. The maximum Gasteiger partial charge on any atom is 0.251 e. The second kappa shape index (κ2) is 8.51. The van der Waals surface area contributed by atoms with Gasteiger partial charge in [-0.2, -0.15) is 0 Å². The van der Waals surface area contributed by atoms with Crippen molar-refractivity contribution in [2.75, 3.05) is 32.8 Å². The van der Waals surface area contributed by atoms with Crippen LogP contribution in [0.5, 0.6) is 0 Å². The Morgan fingerprint density at radius 2 is 1.95 bits per heavy atom. The van der Waals surface area contributed by atoms with E-state index < -0.39 is 0 Å². The van der Waals surface area contributed by atoms with Gasteiger partial charge in [-0.1, -0.05) is 17.7 Å². The van der Waals surface area contributed by atoms with E-state index in [-0.39, 0.29) is 17.9 Å². The average Bonchev–Trinajstić information content (AvgIpc) is 2.53. The normalized spacial score (nSPS) is 17.8. The number of rotatable bonds is 6. The number of ether oxygens (including phenoxy) is 1. The lowest BCUT2D eigenvalue weighted by Crippen LogP contribution is -2.42. The van der Waals surface area contributed by atoms with Crippen molar-refractivity contribution in [1.29, 1.82) is 0 Å². The van der Waals surface area contributed by atoms with Crippen molar-refractivity contribution in [3.05, 3.63) is 35.4 Å². The molecule has 0 bridgehead atoms. The summed E-state index contributed by atoms with van der Waals surface area (Å²) in [6.45, 7) is 4.98. The summed E-state index contributed by atoms with van der Waals surface area (Å²) in [7, 11) is 0. The lowest BCUT2D eigenvalue weighted by atomic mass is 10.1. The molecule has 0 aromatic heterocycles. The lowest BCUT2D eigenvalue weighted by molar-refractivity contribution is -0.124. The fourth-order valence-corrected chi connectivity index (χ4v) is 2.21. The number of hydrogen-bond donors (Lipinski definition) is 3. The van der Waals surface area contributed by atoms with Crippen LogP contribution in [0.3, 0.4) is 0 Å². The van der Waals surface area contributed by atoms with Gasteiger partial charge in [0.05, 0.1) is 19.1 Å². The van der Waals surface area contributed by atoms with Crippen LogP contribution in [0.1, 0.15) is 22.3 Å². The molecular weight excluding hydrogens is 282 g/mol. The zero-order valence-electron chi connectivity index (χ0n) is 12.9. The van der Waals surface area contributed by atoms with E-state index in [1.54, 1.807) is 12.1 Å².